The van der Waals surface area contributed by atoms with Crippen molar-refractivity contribution < 1.29 is 4.79 Å². The number of carbonyl (C=O) groups is 1. The summed E-state index contributed by atoms with van der Waals surface area (Å²) in [5, 5.41) is 0. The van der Waals surface area contributed by atoms with Crippen molar-refractivity contribution in [3.63, 3.8) is 0 Å². The average molecular weight is 280 g/mol. The third kappa shape index (κ3) is 4.04. The van der Waals surface area contributed by atoms with Crippen molar-refractivity contribution in [3.8, 4) is 0 Å². The molecule has 0 saturated carbocycles. The topological polar surface area (TPSA) is 17.1 Å². The lowest BCUT2D eigenvalue weighted by molar-refractivity contribution is 0.0993. The Labute approximate surface area is 128 Å². The van der Waals surface area contributed by atoms with Crippen LogP contribution in [0.4, 0.5) is 0 Å². The summed E-state index contributed by atoms with van der Waals surface area (Å²) in [6.45, 7) is 8.71. The Kier molecular flexibility index (Phi) is 4.62. The first-order chi connectivity index (χ1) is 9.90. The van der Waals surface area contributed by atoms with E-state index in [0.29, 0.717) is 6.42 Å². The van der Waals surface area contributed by atoms with Gasteiger partial charge >= 0.3 is 0 Å². The van der Waals surface area contributed by atoms with Gasteiger partial charge in [0.05, 0.1) is 0 Å². The van der Waals surface area contributed by atoms with E-state index in [0.717, 1.165) is 17.5 Å². The van der Waals surface area contributed by atoms with Gasteiger partial charge in [-0.25, -0.2) is 0 Å². The molecule has 1 heteroatoms. The molecule has 110 valence electrons. The highest BCUT2D eigenvalue weighted by Gasteiger charge is 2.13. The van der Waals surface area contributed by atoms with Gasteiger partial charge in [-0.15, -0.1) is 0 Å². The van der Waals surface area contributed by atoms with E-state index in [4.69, 9.17) is 0 Å². The van der Waals surface area contributed by atoms with Gasteiger partial charge in [0, 0.05) is 12.0 Å². The molecule has 0 bridgehead atoms. The summed E-state index contributed by atoms with van der Waals surface area (Å²) in [7, 11) is 0. The van der Waals surface area contributed by atoms with Crippen LogP contribution in [0.3, 0.4) is 0 Å². The van der Waals surface area contributed by atoms with Gasteiger partial charge < -0.3 is 0 Å². The van der Waals surface area contributed by atoms with Gasteiger partial charge in [0.2, 0.25) is 0 Å². The van der Waals surface area contributed by atoms with Crippen LogP contribution in [0.15, 0.2) is 48.5 Å². The van der Waals surface area contributed by atoms with Crippen molar-refractivity contribution in [1.82, 2.24) is 0 Å². The lowest BCUT2D eigenvalue weighted by Crippen LogP contribution is -2.11. The van der Waals surface area contributed by atoms with Crippen LogP contribution in [0.2, 0.25) is 0 Å². The molecular formula is C20H24O. The van der Waals surface area contributed by atoms with Crippen molar-refractivity contribution in [2.45, 2.75) is 46.0 Å². The summed E-state index contributed by atoms with van der Waals surface area (Å²) in [5.41, 5.74) is 4.59. The van der Waals surface area contributed by atoms with Crippen molar-refractivity contribution in [1.29, 1.82) is 0 Å². The highest BCUT2D eigenvalue weighted by atomic mass is 16.1. The molecule has 0 saturated heterocycles. The van der Waals surface area contributed by atoms with E-state index in [2.05, 4.69) is 52.0 Å². The smallest absolute Gasteiger partial charge is 0.167 e. The van der Waals surface area contributed by atoms with Gasteiger partial charge in [-0.3, -0.25) is 4.79 Å². The number of benzene rings is 2. The second kappa shape index (κ2) is 6.26. The monoisotopic (exact) mass is 280 g/mol. The molecule has 0 aromatic heterocycles. The number of rotatable bonds is 4. The summed E-state index contributed by atoms with van der Waals surface area (Å²) in [6.07, 6.45) is 1.47. The van der Waals surface area contributed by atoms with E-state index in [1.54, 1.807) is 0 Å². The second-order valence-electron chi connectivity index (χ2n) is 6.60. The average Bonchev–Trinajstić information content (AvgIpc) is 2.47. The van der Waals surface area contributed by atoms with Crippen LogP contribution in [-0.2, 0) is 18.3 Å². The summed E-state index contributed by atoms with van der Waals surface area (Å²) in [4.78, 5) is 12.3. The number of hydrogen-bond donors (Lipinski definition) is 0. The van der Waals surface area contributed by atoms with Crippen LogP contribution >= 0.6 is 0 Å². The fourth-order valence-corrected chi connectivity index (χ4v) is 2.34. The highest BCUT2D eigenvalue weighted by Crippen LogP contribution is 2.22. The molecule has 0 N–H and O–H groups in total. The number of Topliss-reactive ketones (excluding diaryl/α,β-unsaturated/α-hetero) is 1. The van der Waals surface area contributed by atoms with Gasteiger partial charge in [-0.2, -0.15) is 0 Å². The maximum atomic E-state index is 12.3. The normalized spacial score (nSPS) is 11.4. The zero-order valence-corrected chi connectivity index (χ0v) is 13.4. The van der Waals surface area contributed by atoms with Gasteiger partial charge in [0.15, 0.2) is 5.78 Å². The van der Waals surface area contributed by atoms with Crippen LogP contribution in [0, 0.1) is 0 Å². The number of hydrogen-bond acceptors (Lipinski definition) is 1. The summed E-state index contributed by atoms with van der Waals surface area (Å²) in [5.74, 6) is 0.182. The Hall–Kier alpha value is -1.89. The number of carbonyl (C=O) groups excluding carboxylic acids is 1. The first kappa shape index (κ1) is 15.5. The second-order valence-corrected chi connectivity index (χ2v) is 6.60. The van der Waals surface area contributed by atoms with E-state index in [9.17, 15) is 4.79 Å². The Balaban J connectivity index is 2.08. The Bertz CT molecular complexity index is 598. The molecule has 0 aliphatic heterocycles. The molecule has 0 radical (unpaired) electrons. The molecular weight excluding hydrogens is 256 g/mol. The van der Waals surface area contributed by atoms with E-state index < -0.39 is 0 Å². The molecule has 2 rings (SSSR count). The molecule has 0 aliphatic carbocycles. The summed E-state index contributed by atoms with van der Waals surface area (Å²) < 4.78 is 0. The van der Waals surface area contributed by atoms with Gasteiger partial charge in [0.25, 0.3) is 0 Å². The van der Waals surface area contributed by atoms with Crippen molar-refractivity contribution in [2.24, 2.45) is 0 Å². The predicted octanol–water partition coefficient (Wildman–Crippen LogP) is 4.97. The fraction of sp³-hybridized carbons (Fsp3) is 0.350. The number of ketones is 1. The van der Waals surface area contributed by atoms with E-state index in [-0.39, 0.29) is 11.2 Å². The molecule has 0 heterocycles. The SMILES string of the molecule is CCc1ccc(C(=O)Cc2ccc(C(C)(C)C)cc2)cc1. The molecule has 0 fully saturated rings. The first-order valence-electron chi connectivity index (χ1n) is 7.61. The van der Waals surface area contributed by atoms with E-state index >= 15 is 0 Å². The molecule has 1 nitrogen and oxygen atoms in total. The van der Waals surface area contributed by atoms with Crippen LogP contribution < -0.4 is 0 Å². The first-order valence-corrected chi connectivity index (χ1v) is 7.61. The number of aryl methyl sites for hydroxylation is 1. The van der Waals surface area contributed by atoms with Crippen LogP contribution in [-0.4, -0.2) is 5.78 Å². The van der Waals surface area contributed by atoms with Crippen molar-refractivity contribution in [3.05, 3.63) is 70.8 Å². The van der Waals surface area contributed by atoms with E-state index in [1.165, 1.54) is 11.1 Å². The predicted molar refractivity (Wildman–Crippen MR) is 89.0 cm³/mol. The lowest BCUT2D eigenvalue weighted by Gasteiger charge is -2.19. The molecule has 2 aromatic rings. The van der Waals surface area contributed by atoms with Crippen LogP contribution in [0.1, 0.15) is 54.7 Å². The molecule has 0 unspecified atom stereocenters. The fourth-order valence-electron chi connectivity index (χ4n) is 2.34. The molecule has 0 atom stereocenters. The van der Waals surface area contributed by atoms with Gasteiger partial charge in [-0.05, 0) is 28.5 Å². The zero-order valence-electron chi connectivity index (χ0n) is 13.4. The minimum Gasteiger partial charge on any atom is -0.294 e. The molecule has 0 spiro atoms. The summed E-state index contributed by atoms with van der Waals surface area (Å²) >= 11 is 0. The lowest BCUT2D eigenvalue weighted by atomic mass is 9.86. The third-order valence-corrected chi connectivity index (χ3v) is 3.87. The van der Waals surface area contributed by atoms with Gasteiger partial charge in [-0.1, -0.05) is 76.2 Å². The Morgan fingerprint density at radius 1 is 0.857 bits per heavy atom. The largest absolute Gasteiger partial charge is 0.294 e. The van der Waals surface area contributed by atoms with Crippen LogP contribution in [0.25, 0.3) is 0 Å². The molecule has 2 aromatic carbocycles. The Morgan fingerprint density at radius 3 is 1.86 bits per heavy atom. The Morgan fingerprint density at radius 2 is 1.38 bits per heavy atom. The quantitative estimate of drug-likeness (QED) is 0.722. The molecule has 0 aliphatic rings. The summed E-state index contributed by atoms with van der Waals surface area (Å²) in [6, 6.07) is 16.3. The third-order valence-electron chi connectivity index (χ3n) is 3.87. The minimum absolute atomic E-state index is 0.151. The maximum Gasteiger partial charge on any atom is 0.167 e. The zero-order chi connectivity index (χ0) is 15.5. The minimum atomic E-state index is 0.151. The van der Waals surface area contributed by atoms with Crippen molar-refractivity contribution >= 4 is 5.78 Å². The van der Waals surface area contributed by atoms with E-state index in [1.807, 2.05) is 24.3 Å². The van der Waals surface area contributed by atoms with Crippen LogP contribution in [0.5, 0.6) is 0 Å². The standard InChI is InChI=1S/C20H24O/c1-5-15-6-10-17(11-7-15)19(21)14-16-8-12-18(13-9-16)20(2,3)4/h6-13H,5,14H2,1-4H3. The maximum absolute atomic E-state index is 12.3. The molecule has 0 amide bonds. The van der Waals surface area contributed by atoms with Crippen molar-refractivity contribution in [2.75, 3.05) is 0 Å². The highest BCUT2D eigenvalue weighted by molar-refractivity contribution is 5.97. The molecule has 21 heavy (non-hydrogen) atoms. The van der Waals surface area contributed by atoms with Gasteiger partial charge in [0.1, 0.15) is 0 Å².